The maximum Gasteiger partial charge on any atom is 0.323 e. The molecule has 0 aliphatic rings. The van der Waals surface area contributed by atoms with Crippen LogP contribution >= 0.6 is 0 Å². The number of aromatic nitrogens is 2. The number of amides is 2. The van der Waals surface area contributed by atoms with Crippen LogP contribution in [0.1, 0.15) is 18.9 Å². The van der Waals surface area contributed by atoms with Crippen molar-refractivity contribution < 1.29 is 4.79 Å². The molecule has 0 saturated heterocycles. The van der Waals surface area contributed by atoms with Gasteiger partial charge in [0.05, 0.1) is 11.0 Å². The zero-order valence-corrected chi connectivity index (χ0v) is 10.9. The summed E-state index contributed by atoms with van der Waals surface area (Å²) < 4.78 is 0. The van der Waals surface area contributed by atoms with E-state index in [9.17, 15) is 9.59 Å². The van der Waals surface area contributed by atoms with Crippen molar-refractivity contribution in [3.63, 3.8) is 0 Å². The Morgan fingerprint density at radius 3 is 2.68 bits per heavy atom. The third-order valence-corrected chi connectivity index (χ3v) is 2.82. The van der Waals surface area contributed by atoms with Crippen LogP contribution in [0.3, 0.4) is 0 Å². The minimum absolute atomic E-state index is 0.141. The van der Waals surface area contributed by atoms with E-state index >= 15 is 0 Å². The van der Waals surface area contributed by atoms with E-state index in [1.165, 1.54) is 0 Å². The first-order chi connectivity index (χ1) is 9.19. The number of benzene rings is 1. The van der Waals surface area contributed by atoms with Gasteiger partial charge in [0.1, 0.15) is 0 Å². The minimum Gasteiger partial charge on any atom is -0.338 e. The van der Waals surface area contributed by atoms with Gasteiger partial charge in [-0.25, -0.2) is 9.59 Å². The minimum atomic E-state index is -0.204. The molecule has 0 bridgehead atoms. The molecule has 0 aliphatic carbocycles. The molecular formula is C13H18N4O2. The molecule has 0 unspecified atom stereocenters. The molecule has 1 aromatic heterocycles. The second kappa shape index (κ2) is 6.08. The Kier molecular flexibility index (Phi) is 4.22. The fourth-order valence-electron chi connectivity index (χ4n) is 1.86. The summed E-state index contributed by atoms with van der Waals surface area (Å²) in [6, 6.07) is 5.58. The van der Waals surface area contributed by atoms with Gasteiger partial charge >= 0.3 is 11.7 Å². The third kappa shape index (κ3) is 3.61. The van der Waals surface area contributed by atoms with Gasteiger partial charge in [-0.15, -0.1) is 0 Å². The van der Waals surface area contributed by atoms with Gasteiger partial charge < -0.3 is 20.6 Å². The molecular weight excluding hydrogens is 244 g/mol. The van der Waals surface area contributed by atoms with Gasteiger partial charge in [-0.2, -0.15) is 0 Å². The van der Waals surface area contributed by atoms with Crippen molar-refractivity contribution in [1.82, 2.24) is 20.6 Å². The quantitative estimate of drug-likeness (QED) is 0.650. The number of aromatic amines is 2. The number of nitrogens with one attached hydrogen (secondary N) is 4. The molecule has 0 radical (unpaired) electrons. The monoisotopic (exact) mass is 262 g/mol. The second-order valence-corrected chi connectivity index (χ2v) is 4.39. The first kappa shape index (κ1) is 13.2. The molecule has 1 aromatic carbocycles. The molecule has 0 aliphatic heterocycles. The van der Waals surface area contributed by atoms with E-state index in [-0.39, 0.29) is 11.7 Å². The SMILES string of the molecule is CCCNC(=O)NCCc1ccc2[nH]c(=O)[nH]c2c1. The van der Waals surface area contributed by atoms with Crippen molar-refractivity contribution in [2.75, 3.05) is 13.1 Å². The predicted molar refractivity (Wildman–Crippen MR) is 74.3 cm³/mol. The maximum atomic E-state index is 11.3. The molecule has 2 rings (SSSR count). The van der Waals surface area contributed by atoms with Crippen molar-refractivity contribution in [3.05, 3.63) is 34.2 Å². The number of urea groups is 1. The normalized spacial score (nSPS) is 10.6. The van der Waals surface area contributed by atoms with Crippen LogP contribution < -0.4 is 16.3 Å². The first-order valence-corrected chi connectivity index (χ1v) is 6.41. The Balaban J connectivity index is 1.87. The Morgan fingerprint density at radius 1 is 1.16 bits per heavy atom. The van der Waals surface area contributed by atoms with Crippen LogP contribution in [0.4, 0.5) is 4.79 Å². The molecule has 2 amide bonds. The van der Waals surface area contributed by atoms with Gasteiger partial charge in [0.25, 0.3) is 0 Å². The summed E-state index contributed by atoms with van der Waals surface area (Å²) in [6.45, 7) is 3.26. The van der Waals surface area contributed by atoms with Crippen molar-refractivity contribution in [3.8, 4) is 0 Å². The second-order valence-electron chi connectivity index (χ2n) is 4.39. The lowest BCUT2D eigenvalue weighted by Gasteiger charge is -2.06. The highest BCUT2D eigenvalue weighted by molar-refractivity contribution is 5.75. The van der Waals surface area contributed by atoms with Crippen LogP contribution in [0.15, 0.2) is 23.0 Å². The van der Waals surface area contributed by atoms with Gasteiger partial charge in [0.15, 0.2) is 0 Å². The molecule has 1 heterocycles. The van der Waals surface area contributed by atoms with Crippen molar-refractivity contribution in [1.29, 1.82) is 0 Å². The summed E-state index contributed by atoms with van der Waals surface area (Å²) in [6.07, 6.45) is 1.65. The Morgan fingerprint density at radius 2 is 1.89 bits per heavy atom. The zero-order valence-electron chi connectivity index (χ0n) is 10.9. The number of imidazole rings is 1. The average Bonchev–Trinajstić information content (AvgIpc) is 2.75. The molecule has 102 valence electrons. The zero-order chi connectivity index (χ0) is 13.7. The summed E-state index contributed by atoms with van der Waals surface area (Å²) in [5.41, 5.74) is 2.45. The molecule has 0 spiro atoms. The van der Waals surface area contributed by atoms with Crippen LogP contribution in [-0.2, 0) is 6.42 Å². The highest BCUT2D eigenvalue weighted by atomic mass is 16.2. The standard InChI is InChI=1S/C13H18N4O2/c1-2-6-14-12(18)15-7-5-9-3-4-10-11(8-9)17-13(19)16-10/h3-4,8H,2,5-7H2,1H3,(H2,14,15,18)(H2,16,17,19). The van der Waals surface area contributed by atoms with Crippen LogP contribution in [-0.4, -0.2) is 29.1 Å². The van der Waals surface area contributed by atoms with E-state index in [1.54, 1.807) is 0 Å². The van der Waals surface area contributed by atoms with E-state index in [0.29, 0.717) is 13.1 Å². The van der Waals surface area contributed by atoms with Crippen molar-refractivity contribution in [2.24, 2.45) is 0 Å². The molecule has 2 aromatic rings. The van der Waals surface area contributed by atoms with Crippen LogP contribution in [0, 0.1) is 0 Å². The van der Waals surface area contributed by atoms with Gasteiger partial charge in [-0.1, -0.05) is 13.0 Å². The summed E-state index contributed by atoms with van der Waals surface area (Å²) in [4.78, 5) is 27.9. The smallest absolute Gasteiger partial charge is 0.323 e. The number of hydrogen-bond acceptors (Lipinski definition) is 2. The fourth-order valence-corrected chi connectivity index (χ4v) is 1.86. The Hall–Kier alpha value is -2.24. The molecule has 0 atom stereocenters. The summed E-state index contributed by atoms with van der Waals surface area (Å²) in [7, 11) is 0. The maximum absolute atomic E-state index is 11.3. The van der Waals surface area contributed by atoms with Gasteiger partial charge in [-0.05, 0) is 30.5 Å². The predicted octanol–water partition coefficient (Wildman–Crippen LogP) is 1.11. The summed E-state index contributed by atoms with van der Waals surface area (Å²) in [5, 5.41) is 5.54. The third-order valence-electron chi connectivity index (χ3n) is 2.82. The molecule has 6 nitrogen and oxygen atoms in total. The molecule has 0 saturated carbocycles. The van der Waals surface area contributed by atoms with E-state index in [0.717, 1.165) is 29.4 Å². The van der Waals surface area contributed by atoms with Crippen LogP contribution in [0.25, 0.3) is 11.0 Å². The lowest BCUT2D eigenvalue weighted by molar-refractivity contribution is 0.241. The highest BCUT2D eigenvalue weighted by Crippen LogP contribution is 2.10. The number of rotatable bonds is 5. The Bertz CT molecular complexity index is 614. The molecule has 19 heavy (non-hydrogen) atoms. The fraction of sp³-hybridized carbons (Fsp3) is 0.385. The van der Waals surface area contributed by atoms with E-state index in [1.807, 2.05) is 25.1 Å². The van der Waals surface area contributed by atoms with Gasteiger partial charge in [0.2, 0.25) is 0 Å². The van der Waals surface area contributed by atoms with Crippen molar-refractivity contribution >= 4 is 17.1 Å². The van der Waals surface area contributed by atoms with Crippen LogP contribution in [0.2, 0.25) is 0 Å². The largest absolute Gasteiger partial charge is 0.338 e. The lowest BCUT2D eigenvalue weighted by Crippen LogP contribution is -2.36. The number of H-pyrrole nitrogens is 2. The number of carbonyl (C=O) groups excluding carboxylic acids is 1. The van der Waals surface area contributed by atoms with E-state index in [2.05, 4.69) is 20.6 Å². The first-order valence-electron chi connectivity index (χ1n) is 6.41. The van der Waals surface area contributed by atoms with Gasteiger partial charge in [0, 0.05) is 13.1 Å². The highest BCUT2D eigenvalue weighted by Gasteiger charge is 2.01. The topological polar surface area (TPSA) is 89.8 Å². The summed E-state index contributed by atoms with van der Waals surface area (Å²) in [5.74, 6) is 0. The van der Waals surface area contributed by atoms with Gasteiger partial charge in [-0.3, -0.25) is 0 Å². The van der Waals surface area contributed by atoms with E-state index < -0.39 is 0 Å². The number of carbonyl (C=O) groups is 1. The summed E-state index contributed by atoms with van der Waals surface area (Å²) >= 11 is 0. The molecule has 6 heteroatoms. The Labute approximate surface area is 110 Å². The van der Waals surface area contributed by atoms with E-state index in [4.69, 9.17) is 0 Å². The lowest BCUT2D eigenvalue weighted by atomic mass is 10.1. The van der Waals surface area contributed by atoms with Crippen molar-refractivity contribution in [2.45, 2.75) is 19.8 Å². The molecule has 4 N–H and O–H groups in total. The number of fused-ring (bicyclic) bond motifs is 1. The number of hydrogen-bond donors (Lipinski definition) is 4. The average molecular weight is 262 g/mol. The van der Waals surface area contributed by atoms with Crippen LogP contribution in [0.5, 0.6) is 0 Å². The molecule has 0 fully saturated rings.